The van der Waals surface area contributed by atoms with Crippen molar-refractivity contribution in [2.75, 3.05) is 44.3 Å². The Morgan fingerprint density at radius 2 is 2.02 bits per heavy atom. The SMILES string of the molecule is CCN1CCCC1(CC)COc1nc2c3cnc(c(F)c3n1)-c1cc(OC=O)cc3ccc(F)c(c13)CCCOC(=O)NC1(C)CC(F)CN2C1. The van der Waals surface area contributed by atoms with E-state index in [0.717, 1.165) is 32.4 Å². The maximum atomic E-state index is 17.2. The van der Waals surface area contributed by atoms with Crippen LogP contribution in [-0.2, 0) is 16.0 Å². The molecule has 11 nitrogen and oxygen atoms in total. The first-order valence-electron chi connectivity index (χ1n) is 17.5. The van der Waals surface area contributed by atoms with Crippen LogP contribution in [0.4, 0.5) is 23.8 Å². The molecule has 4 aromatic rings. The molecule has 0 spiro atoms. The Morgan fingerprint density at radius 1 is 1.18 bits per heavy atom. The number of hydrogen-bond acceptors (Lipinski definition) is 10. The summed E-state index contributed by atoms with van der Waals surface area (Å²) in [6.45, 7) is 8.21. The average Bonchev–Trinajstić information content (AvgIpc) is 3.52. The predicted molar refractivity (Wildman–Crippen MR) is 185 cm³/mol. The Balaban J connectivity index is 1.46. The maximum Gasteiger partial charge on any atom is 0.407 e. The van der Waals surface area contributed by atoms with Crippen molar-refractivity contribution in [2.45, 2.75) is 76.5 Å². The lowest BCUT2D eigenvalue weighted by Gasteiger charge is -2.42. The first-order valence-corrected chi connectivity index (χ1v) is 17.5. The molecule has 4 aliphatic heterocycles. The van der Waals surface area contributed by atoms with Gasteiger partial charge < -0.3 is 24.4 Å². The van der Waals surface area contributed by atoms with Gasteiger partial charge in [-0.2, -0.15) is 9.97 Å². The number of piperidine rings is 1. The number of ether oxygens (including phenoxy) is 3. The Bertz CT molecular complexity index is 2000. The summed E-state index contributed by atoms with van der Waals surface area (Å²) in [5.41, 5.74) is -1.19. The number of alkyl halides is 1. The number of carbonyl (C=O) groups excluding carboxylic acids is 2. The van der Waals surface area contributed by atoms with Crippen molar-refractivity contribution < 1.29 is 37.0 Å². The van der Waals surface area contributed by atoms with Gasteiger partial charge in [-0.25, -0.2) is 18.0 Å². The van der Waals surface area contributed by atoms with Gasteiger partial charge in [-0.05, 0) is 86.7 Å². The highest BCUT2D eigenvalue weighted by molar-refractivity contribution is 6.02. The summed E-state index contributed by atoms with van der Waals surface area (Å²) < 4.78 is 65.3. The average molecular weight is 707 g/mol. The first-order chi connectivity index (χ1) is 24.6. The van der Waals surface area contributed by atoms with Gasteiger partial charge in [0, 0.05) is 24.7 Å². The maximum absolute atomic E-state index is 17.2. The van der Waals surface area contributed by atoms with E-state index in [4.69, 9.17) is 19.2 Å². The highest BCUT2D eigenvalue weighted by Crippen LogP contribution is 2.41. The number of carbonyl (C=O) groups is 2. The molecule has 3 unspecified atom stereocenters. The van der Waals surface area contributed by atoms with Crippen LogP contribution in [-0.4, -0.2) is 89.1 Å². The zero-order valence-electron chi connectivity index (χ0n) is 28.9. The highest BCUT2D eigenvalue weighted by Gasteiger charge is 2.41. The van der Waals surface area contributed by atoms with Crippen LogP contribution in [0.15, 0.2) is 30.5 Å². The number of benzene rings is 2. The molecule has 3 atom stereocenters. The standard InChI is InChI=1S/C37H41F3N6O5/c1-4-37(11-7-12-46(37)5-2)20-50-34-42-32-27-17-41-31(30(32)40)26-15-24(51-21-47)14-22-9-10-28(39)25(29(22)26)8-6-13-49-35(48)44-36(3)16-23(38)18-45(19-36)33(27)43-34/h9-10,14-15,17,21,23H,4-8,11-13,16,18-20H2,1-3H3,(H,44,48). The molecule has 51 heavy (non-hydrogen) atoms. The second-order valence-corrected chi connectivity index (χ2v) is 14.0. The van der Waals surface area contributed by atoms with Crippen molar-refractivity contribution in [2.24, 2.45) is 0 Å². The summed E-state index contributed by atoms with van der Waals surface area (Å²) in [7, 11) is 0. The summed E-state index contributed by atoms with van der Waals surface area (Å²) in [5, 5.41) is 3.86. The van der Waals surface area contributed by atoms with E-state index in [1.54, 1.807) is 17.9 Å². The van der Waals surface area contributed by atoms with E-state index in [1.165, 1.54) is 24.4 Å². The minimum atomic E-state index is -1.37. The molecule has 14 heteroatoms. The van der Waals surface area contributed by atoms with Gasteiger partial charge in [0.05, 0.1) is 29.6 Å². The van der Waals surface area contributed by atoms with Crippen molar-refractivity contribution >= 4 is 40.1 Å². The molecule has 2 fully saturated rings. The largest absolute Gasteiger partial charge is 0.461 e. The smallest absolute Gasteiger partial charge is 0.407 e. The minimum absolute atomic E-state index is 0.0152. The van der Waals surface area contributed by atoms with Gasteiger partial charge in [0.25, 0.3) is 6.47 Å². The number of anilines is 1. The number of hydrogen-bond donors (Lipinski definition) is 1. The summed E-state index contributed by atoms with van der Waals surface area (Å²) in [6, 6.07) is 5.70. The fourth-order valence-corrected chi connectivity index (χ4v) is 8.20. The van der Waals surface area contributed by atoms with Gasteiger partial charge in [-0.3, -0.25) is 14.7 Å². The third kappa shape index (κ3) is 6.49. The second-order valence-electron chi connectivity index (χ2n) is 14.0. The Labute approximate surface area is 293 Å². The van der Waals surface area contributed by atoms with Crippen LogP contribution >= 0.6 is 0 Å². The number of likely N-dealkylation sites (tertiary alicyclic amines) is 1. The van der Waals surface area contributed by atoms with Crippen molar-refractivity contribution in [3.63, 3.8) is 0 Å². The zero-order valence-corrected chi connectivity index (χ0v) is 28.9. The molecule has 4 aliphatic rings. The predicted octanol–water partition coefficient (Wildman–Crippen LogP) is 6.28. The lowest BCUT2D eigenvalue weighted by Crippen LogP contribution is -2.60. The molecule has 270 valence electrons. The van der Waals surface area contributed by atoms with Gasteiger partial charge in [-0.1, -0.05) is 19.9 Å². The fourth-order valence-electron chi connectivity index (χ4n) is 8.20. The van der Waals surface area contributed by atoms with Crippen LogP contribution in [0, 0.1) is 11.6 Å². The zero-order chi connectivity index (χ0) is 35.9. The summed E-state index contributed by atoms with van der Waals surface area (Å²) in [6.07, 6.45) is 2.44. The number of pyridine rings is 1. The number of nitrogens with zero attached hydrogens (tertiary/aromatic N) is 5. The Kier molecular flexibility index (Phi) is 9.38. The van der Waals surface area contributed by atoms with Crippen LogP contribution < -0.4 is 19.7 Å². The van der Waals surface area contributed by atoms with Gasteiger partial charge in [0.15, 0.2) is 5.82 Å². The molecular formula is C37H41F3N6O5. The molecule has 0 aliphatic carbocycles. The van der Waals surface area contributed by atoms with Crippen molar-refractivity contribution in [3.05, 3.63) is 47.7 Å². The number of nitrogens with one attached hydrogen (secondary N) is 1. The van der Waals surface area contributed by atoms with E-state index in [-0.39, 0.29) is 103 Å². The number of amides is 1. The quantitative estimate of drug-likeness (QED) is 0.220. The number of halogens is 3. The monoisotopic (exact) mass is 706 g/mol. The number of fused-ring (bicyclic) bond motifs is 6. The van der Waals surface area contributed by atoms with E-state index in [1.807, 2.05) is 0 Å². The minimum Gasteiger partial charge on any atom is -0.461 e. The lowest BCUT2D eigenvalue weighted by molar-refractivity contribution is -0.120. The van der Waals surface area contributed by atoms with Gasteiger partial charge in [-0.15, -0.1) is 0 Å². The van der Waals surface area contributed by atoms with E-state index in [9.17, 15) is 9.59 Å². The molecule has 6 heterocycles. The van der Waals surface area contributed by atoms with Crippen LogP contribution in [0.25, 0.3) is 32.9 Å². The van der Waals surface area contributed by atoms with Crippen LogP contribution in [0.2, 0.25) is 0 Å². The third-order valence-electron chi connectivity index (χ3n) is 10.6. The van der Waals surface area contributed by atoms with E-state index in [0.29, 0.717) is 10.8 Å². The van der Waals surface area contributed by atoms with Crippen molar-refractivity contribution in [3.8, 4) is 23.0 Å². The topological polar surface area (TPSA) is 119 Å². The summed E-state index contributed by atoms with van der Waals surface area (Å²) in [4.78, 5) is 42.3. The van der Waals surface area contributed by atoms with Crippen LogP contribution in [0.3, 0.4) is 0 Å². The number of rotatable bonds is 7. The van der Waals surface area contributed by atoms with Gasteiger partial charge in [0.1, 0.15) is 41.4 Å². The number of likely N-dealkylation sites (N-methyl/N-ethyl adjacent to an activating group) is 1. The third-order valence-corrected chi connectivity index (χ3v) is 10.6. The highest BCUT2D eigenvalue weighted by atomic mass is 19.1. The molecule has 8 rings (SSSR count). The molecular weight excluding hydrogens is 665 g/mol. The molecule has 1 N–H and O–H groups in total. The molecule has 6 bridgehead atoms. The summed E-state index contributed by atoms with van der Waals surface area (Å²) in [5.74, 6) is -1.08. The molecule has 0 saturated carbocycles. The van der Waals surface area contributed by atoms with E-state index >= 15 is 13.2 Å². The molecule has 2 aromatic carbocycles. The van der Waals surface area contributed by atoms with Gasteiger partial charge >= 0.3 is 12.1 Å². The summed E-state index contributed by atoms with van der Waals surface area (Å²) >= 11 is 0. The first kappa shape index (κ1) is 34.7. The van der Waals surface area contributed by atoms with Crippen LogP contribution in [0.5, 0.6) is 11.8 Å². The Hall–Kier alpha value is -4.72. The van der Waals surface area contributed by atoms with Crippen molar-refractivity contribution in [1.82, 2.24) is 25.2 Å². The lowest BCUT2D eigenvalue weighted by atomic mass is 9.90. The molecule has 1 amide bonds. The van der Waals surface area contributed by atoms with E-state index < -0.39 is 29.4 Å². The molecule has 2 aromatic heterocycles. The van der Waals surface area contributed by atoms with E-state index in [2.05, 4.69) is 34.0 Å². The van der Waals surface area contributed by atoms with Crippen molar-refractivity contribution in [1.29, 1.82) is 0 Å². The fraction of sp³-hybridized carbons (Fsp3) is 0.486. The van der Waals surface area contributed by atoms with Gasteiger partial charge in [0.2, 0.25) is 0 Å². The van der Waals surface area contributed by atoms with Crippen LogP contribution in [0.1, 0.15) is 58.4 Å². The number of alkyl carbamates (subject to hydrolysis) is 1. The normalized spacial score (nSPS) is 24.1. The molecule has 2 saturated heterocycles. The Morgan fingerprint density at radius 3 is 2.80 bits per heavy atom. The second kappa shape index (κ2) is 13.8. The number of aromatic nitrogens is 3. The number of aryl methyl sites for hydroxylation is 1. The molecule has 0 radical (unpaired) electrons.